The predicted molar refractivity (Wildman–Crippen MR) is 68.9 cm³/mol. The molecule has 2 N–H and O–H groups in total. The van der Waals surface area contributed by atoms with E-state index in [2.05, 4.69) is 4.98 Å². The van der Waals surface area contributed by atoms with Crippen LogP contribution in [0.3, 0.4) is 0 Å². The minimum absolute atomic E-state index is 0.183. The zero-order chi connectivity index (χ0) is 14.0. The van der Waals surface area contributed by atoms with Gasteiger partial charge in [-0.25, -0.2) is 9.18 Å². The van der Waals surface area contributed by atoms with Crippen LogP contribution in [0.25, 0.3) is 17.0 Å². The van der Waals surface area contributed by atoms with Gasteiger partial charge in [-0.1, -0.05) is 6.92 Å². The summed E-state index contributed by atoms with van der Waals surface area (Å²) in [5.41, 5.74) is 1.32. The molecule has 4 nitrogen and oxygen atoms in total. The highest BCUT2D eigenvalue weighted by Crippen LogP contribution is 2.26. The van der Waals surface area contributed by atoms with E-state index < -0.39 is 11.8 Å². The molecule has 0 aliphatic rings. The first-order chi connectivity index (χ1) is 9.08. The Morgan fingerprint density at radius 3 is 2.89 bits per heavy atom. The van der Waals surface area contributed by atoms with Crippen molar-refractivity contribution in [3.8, 4) is 6.07 Å². The lowest BCUT2D eigenvalue weighted by Crippen LogP contribution is -1.98. The molecule has 1 heterocycles. The molecule has 0 saturated heterocycles. The van der Waals surface area contributed by atoms with Gasteiger partial charge in [0.2, 0.25) is 0 Å². The third-order valence-electron chi connectivity index (χ3n) is 2.92. The summed E-state index contributed by atoms with van der Waals surface area (Å²) in [5, 5.41) is 18.2. The Kier molecular flexibility index (Phi) is 3.34. The van der Waals surface area contributed by atoms with Gasteiger partial charge in [0.25, 0.3) is 0 Å². The number of H-pyrrole nitrogens is 1. The van der Waals surface area contributed by atoms with Gasteiger partial charge in [0.1, 0.15) is 11.9 Å². The van der Waals surface area contributed by atoms with Crippen molar-refractivity contribution in [1.29, 1.82) is 5.26 Å². The number of carbonyl (C=O) groups is 1. The second-order valence-electron chi connectivity index (χ2n) is 4.03. The number of carboxylic acid groups (broad SMARTS) is 1. The molecule has 0 radical (unpaired) electrons. The lowest BCUT2D eigenvalue weighted by atomic mass is 10.1. The van der Waals surface area contributed by atoms with E-state index in [-0.39, 0.29) is 11.0 Å². The van der Waals surface area contributed by atoms with Gasteiger partial charge in [-0.3, -0.25) is 0 Å². The second-order valence-corrected chi connectivity index (χ2v) is 4.03. The number of hydrogen-bond acceptors (Lipinski definition) is 2. The number of nitrogens with zero attached hydrogens (tertiary/aromatic N) is 1. The van der Waals surface area contributed by atoms with E-state index in [4.69, 9.17) is 10.4 Å². The third kappa shape index (κ3) is 2.20. The average Bonchev–Trinajstić information content (AvgIpc) is 2.81. The van der Waals surface area contributed by atoms with Crippen LogP contribution in [0, 0.1) is 17.1 Å². The molecule has 0 aliphatic carbocycles. The summed E-state index contributed by atoms with van der Waals surface area (Å²) in [7, 11) is 0. The van der Waals surface area contributed by atoms with Crippen LogP contribution in [-0.2, 0) is 4.79 Å². The normalized spacial score (nSPS) is 11.5. The molecule has 0 atom stereocenters. The van der Waals surface area contributed by atoms with E-state index in [1.54, 1.807) is 6.92 Å². The summed E-state index contributed by atoms with van der Waals surface area (Å²) >= 11 is 0. The first-order valence-electron chi connectivity index (χ1n) is 5.72. The topological polar surface area (TPSA) is 76.9 Å². The molecule has 0 bridgehead atoms. The molecule has 96 valence electrons. The number of halogens is 1. The lowest BCUT2D eigenvalue weighted by molar-refractivity contribution is -0.132. The van der Waals surface area contributed by atoms with E-state index in [1.807, 2.05) is 6.07 Å². The fraction of sp³-hybridized carbons (Fsp3) is 0.143. The van der Waals surface area contributed by atoms with Crippen molar-refractivity contribution in [3.05, 3.63) is 40.8 Å². The van der Waals surface area contributed by atoms with Crippen LogP contribution in [0.1, 0.15) is 24.5 Å². The number of carboxylic acids is 1. The van der Waals surface area contributed by atoms with Crippen LogP contribution in [-0.4, -0.2) is 16.1 Å². The van der Waals surface area contributed by atoms with E-state index in [9.17, 15) is 9.18 Å². The molecule has 1 aromatic carbocycles. The number of aromatic amines is 1. The van der Waals surface area contributed by atoms with Crippen LogP contribution in [0.4, 0.5) is 4.39 Å². The second kappa shape index (κ2) is 4.94. The van der Waals surface area contributed by atoms with Crippen LogP contribution >= 0.6 is 0 Å². The minimum Gasteiger partial charge on any atom is -0.478 e. The molecule has 0 fully saturated rings. The molecule has 1 aromatic heterocycles. The van der Waals surface area contributed by atoms with Gasteiger partial charge in [0, 0.05) is 22.7 Å². The molecule has 0 amide bonds. The number of nitrogens with one attached hydrogen (secondary N) is 1. The summed E-state index contributed by atoms with van der Waals surface area (Å²) in [5.74, 6) is -1.52. The zero-order valence-corrected chi connectivity index (χ0v) is 10.2. The monoisotopic (exact) mass is 258 g/mol. The SMILES string of the molecule is CCC(=Cc1c[nH]c2c(C#N)ccc(F)c12)C(=O)O. The van der Waals surface area contributed by atoms with Gasteiger partial charge in [-0.05, 0) is 24.6 Å². The largest absolute Gasteiger partial charge is 0.478 e. The Balaban J connectivity index is 2.71. The molecule has 2 aromatic rings. The summed E-state index contributed by atoms with van der Waals surface area (Å²) in [4.78, 5) is 13.8. The Bertz CT molecular complexity index is 723. The molecular formula is C14H11FN2O2. The maximum Gasteiger partial charge on any atom is 0.331 e. The molecule has 2 rings (SSSR count). The number of fused-ring (bicyclic) bond motifs is 1. The van der Waals surface area contributed by atoms with Gasteiger partial charge < -0.3 is 10.1 Å². The van der Waals surface area contributed by atoms with Crippen LogP contribution in [0.5, 0.6) is 0 Å². The maximum atomic E-state index is 13.8. The van der Waals surface area contributed by atoms with Gasteiger partial charge in [0.15, 0.2) is 0 Å². The molecule has 0 aliphatic heterocycles. The zero-order valence-electron chi connectivity index (χ0n) is 10.2. The number of benzene rings is 1. The minimum atomic E-state index is -1.03. The van der Waals surface area contributed by atoms with Crippen molar-refractivity contribution in [2.45, 2.75) is 13.3 Å². The number of hydrogen-bond donors (Lipinski definition) is 2. The summed E-state index contributed by atoms with van der Waals surface area (Å²) in [6, 6.07) is 4.56. The molecule has 19 heavy (non-hydrogen) atoms. The first-order valence-corrected chi connectivity index (χ1v) is 5.72. The van der Waals surface area contributed by atoms with Gasteiger partial charge in [-0.2, -0.15) is 5.26 Å². The van der Waals surface area contributed by atoms with Crippen molar-refractivity contribution in [2.75, 3.05) is 0 Å². The average molecular weight is 258 g/mol. The highest BCUT2D eigenvalue weighted by Gasteiger charge is 2.13. The highest BCUT2D eigenvalue weighted by molar-refractivity contribution is 5.98. The Morgan fingerprint density at radius 1 is 1.58 bits per heavy atom. The van der Waals surface area contributed by atoms with E-state index in [0.29, 0.717) is 23.1 Å². The molecule has 0 spiro atoms. The summed E-state index contributed by atoms with van der Waals surface area (Å²) in [6.07, 6.45) is 3.26. The summed E-state index contributed by atoms with van der Waals surface area (Å²) < 4.78 is 13.8. The number of aliphatic carboxylic acids is 1. The Morgan fingerprint density at radius 2 is 2.32 bits per heavy atom. The number of aromatic nitrogens is 1. The van der Waals surface area contributed by atoms with Crippen LogP contribution < -0.4 is 0 Å². The third-order valence-corrected chi connectivity index (χ3v) is 2.92. The van der Waals surface area contributed by atoms with Crippen molar-refractivity contribution in [3.63, 3.8) is 0 Å². The smallest absolute Gasteiger partial charge is 0.331 e. The fourth-order valence-electron chi connectivity index (χ4n) is 1.94. The quantitative estimate of drug-likeness (QED) is 0.830. The molecule has 5 heteroatoms. The van der Waals surface area contributed by atoms with E-state index in [0.717, 1.165) is 0 Å². The number of nitriles is 1. The molecular weight excluding hydrogens is 247 g/mol. The van der Waals surface area contributed by atoms with E-state index >= 15 is 0 Å². The van der Waals surface area contributed by atoms with Crippen molar-refractivity contribution < 1.29 is 14.3 Å². The Labute approximate surface area is 108 Å². The van der Waals surface area contributed by atoms with Crippen molar-refractivity contribution >= 4 is 22.9 Å². The van der Waals surface area contributed by atoms with Gasteiger partial charge in [0.05, 0.1) is 11.1 Å². The fourth-order valence-corrected chi connectivity index (χ4v) is 1.94. The standard InChI is InChI=1S/C14H11FN2O2/c1-2-8(14(18)19)5-10-7-17-13-9(6-16)3-4-11(15)12(10)13/h3-5,7,17H,2H2,1H3,(H,18,19). The first kappa shape index (κ1) is 12.8. The Hall–Kier alpha value is -2.61. The summed E-state index contributed by atoms with van der Waals surface area (Å²) in [6.45, 7) is 1.71. The van der Waals surface area contributed by atoms with Gasteiger partial charge in [-0.15, -0.1) is 0 Å². The molecule has 0 unspecified atom stereocenters. The van der Waals surface area contributed by atoms with E-state index in [1.165, 1.54) is 24.4 Å². The van der Waals surface area contributed by atoms with Gasteiger partial charge >= 0.3 is 5.97 Å². The van der Waals surface area contributed by atoms with Crippen molar-refractivity contribution in [2.24, 2.45) is 0 Å². The lowest BCUT2D eigenvalue weighted by Gasteiger charge is -1.99. The highest BCUT2D eigenvalue weighted by atomic mass is 19.1. The molecule has 0 saturated carbocycles. The van der Waals surface area contributed by atoms with Crippen molar-refractivity contribution in [1.82, 2.24) is 4.98 Å². The predicted octanol–water partition coefficient (Wildman–Crippen LogP) is 3.06. The van der Waals surface area contributed by atoms with Crippen LogP contribution in [0.2, 0.25) is 0 Å². The maximum absolute atomic E-state index is 13.8. The number of rotatable bonds is 3. The van der Waals surface area contributed by atoms with Crippen LogP contribution in [0.15, 0.2) is 23.9 Å².